The predicted octanol–water partition coefficient (Wildman–Crippen LogP) is 6.10. The van der Waals surface area contributed by atoms with Crippen LogP contribution >= 0.6 is 0 Å². The van der Waals surface area contributed by atoms with Crippen molar-refractivity contribution in [2.24, 2.45) is 5.92 Å². The van der Waals surface area contributed by atoms with Gasteiger partial charge in [0.15, 0.2) is 0 Å². The summed E-state index contributed by atoms with van der Waals surface area (Å²) in [6.07, 6.45) is 11.9. The zero-order valence-electron chi connectivity index (χ0n) is 16.3. The zero-order chi connectivity index (χ0) is 19.2. The first-order valence-corrected chi connectivity index (χ1v) is 10.1. The van der Waals surface area contributed by atoms with Gasteiger partial charge in [-0.15, -0.1) is 0 Å². The third-order valence-electron chi connectivity index (χ3n) is 4.76. The van der Waals surface area contributed by atoms with E-state index >= 15 is 0 Å². The number of rotatable bonds is 14. The number of esters is 1. The summed E-state index contributed by atoms with van der Waals surface area (Å²) in [5.41, 5.74) is 0.132. The highest BCUT2D eigenvalue weighted by Crippen LogP contribution is 2.19. The fourth-order valence-electron chi connectivity index (χ4n) is 3.14. The molecule has 0 aliphatic rings. The minimum Gasteiger partial charge on any atom is -0.478 e. The van der Waals surface area contributed by atoms with Crippen LogP contribution in [0.25, 0.3) is 0 Å². The molecule has 0 heterocycles. The van der Waals surface area contributed by atoms with Gasteiger partial charge in [-0.25, -0.2) is 9.59 Å². The van der Waals surface area contributed by atoms with Crippen LogP contribution in [0.2, 0.25) is 0 Å². The first-order chi connectivity index (χ1) is 12.6. The van der Waals surface area contributed by atoms with Gasteiger partial charge in [-0.2, -0.15) is 0 Å². The Morgan fingerprint density at radius 2 is 1.46 bits per heavy atom. The minimum absolute atomic E-state index is 0.00136. The topological polar surface area (TPSA) is 63.6 Å². The highest BCUT2D eigenvalue weighted by Gasteiger charge is 2.18. The number of carbonyl (C=O) groups is 2. The van der Waals surface area contributed by atoms with Crippen molar-refractivity contribution in [1.82, 2.24) is 0 Å². The molecular weight excluding hydrogens is 328 g/mol. The normalized spacial score (nSPS) is 11.9. The molecule has 0 aromatic heterocycles. The fraction of sp³-hybridized carbons (Fsp3) is 0.636. The van der Waals surface area contributed by atoms with Crippen molar-refractivity contribution in [2.75, 3.05) is 6.61 Å². The van der Waals surface area contributed by atoms with Gasteiger partial charge in [-0.05, 0) is 30.9 Å². The Bertz CT molecular complexity index is 539. The maximum absolute atomic E-state index is 12.3. The van der Waals surface area contributed by atoms with Gasteiger partial charge >= 0.3 is 11.9 Å². The van der Waals surface area contributed by atoms with Gasteiger partial charge in [0.05, 0.1) is 17.7 Å². The number of ether oxygens (including phenoxy) is 1. The van der Waals surface area contributed by atoms with Gasteiger partial charge in [0, 0.05) is 0 Å². The summed E-state index contributed by atoms with van der Waals surface area (Å²) in [7, 11) is 0. The average Bonchev–Trinajstić information content (AvgIpc) is 2.65. The van der Waals surface area contributed by atoms with Gasteiger partial charge in [0.25, 0.3) is 0 Å². The molecule has 26 heavy (non-hydrogen) atoms. The summed E-state index contributed by atoms with van der Waals surface area (Å²) in [6.45, 7) is 4.76. The van der Waals surface area contributed by atoms with Crippen molar-refractivity contribution < 1.29 is 19.4 Å². The molecule has 1 rings (SSSR count). The summed E-state index contributed by atoms with van der Waals surface area (Å²) < 4.78 is 5.47. The van der Waals surface area contributed by atoms with E-state index in [1.807, 2.05) is 0 Å². The monoisotopic (exact) mass is 362 g/mol. The summed E-state index contributed by atoms with van der Waals surface area (Å²) in [5.74, 6) is -1.28. The molecule has 0 aliphatic heterocycles. The SMILES string of the molecule is CCCCCCCCC(CCCC)COC(=O)c1ccccc1C(=O)O. The molecule has 4 nitrogen and oxygen atoms in total. The van der Waals surface area contributed by atoms with E-state index in [9.17, 15) is 14.7 Å². The molecule has 0 radical (unpaired) electrons. The summed E-state index contributed by atoms with van der Waals surface area (Å²) in [4.78, 5) is 23.6. The van der Waals surface area contributed by atoms with Crippen molar-refractivity contribution >= 4 is 11.9 Å². The Balaban J connectivity index is 2.49. The first kappa shape index (κ1) is 22.2. The van der Waals surface area contributed by atoms with Gasteiger partial charge in [-0.3, -0.25) is 0 Å². The molecule has 1 unspecified atom stereocenters. The van der Waals surface area contributed by atoms with E-state index in [0.29, 0.717) is 12.5 Å². The second-order valence-electron chi connectivity index (χ2n) is 7.01. The van der Waals surface area contributed by atoms with Crippen molar-refractivity contribution in [3.05, 3.63) is 35.4 Å². The molecule has 0 aliphatic carbocycles. The average molecular weight is 363 g/mol. The first-order valence-electron chi connectivity index (χ1n) is 10.1. The van der Waals surface area contributed by atoms with Crippen molar-refractivity contribution in [1.29, 1.82) is 0 Å². The molecule has 1 aromatic rings. The highest BCUT2D eigenvalue weighted by atomic mass is 16.5. The Labute approximate surface area is 158 Å². The molecule has 0 fully saturated rings. The largest absolute Gasteiger partial charge is 0.478 e. The van der Waals surface area contributed by atoms with Crippen molar-refractivity contribution in [2.45, 2.75) is 78.1 Å². The summed E-state index contributed by atoms with van der Waals surface area (Å²) in [6, 6.07) is 6.22. The van der Waals surface area contributed by atoms with Crippen LogP contribution in [0.5, 0.6) is 0 Å². The van der Waals surface area contributed by atoms with Crippen molar-refractivity contribution in [3.8, 4) is 0 Å². The maximum Gasteiger partial charge on any atom is 0.339 e. The van der Waals surface area contributed by atoms with E-state index in [-0.39, 0.29) is 11.1 Å². The third kappa shape index (κ3) is 8.50. The van der Waals surface area contributed by atoms with Crippen LogP contribution in [0.3, 0.4) is 0 Å². The predicted molar refractivity (Wildman–Crippen MR) is 105 cm³/mol. The smallest absolute Gasteiger partial charge is 0.339 e. The molecule has 1 N–H and O–H groups in total. The van der Waals surface area contributed by atoms with E-state index in [0.717, 1.165) is 25.7 Å². The van der Waals surface area contributed by atoms with Gasteiger partial charge in [-0.1, -0.05) is 77.3 Å². The number of carboxylic acids is 1. The lowest BCUT2D eigenvalue weighted by Crippen LogP contribution is -2.17. The van der Waals surface area contributed by atoms with E-state index in [2.05, 4.69) is 13.8 Å². The molecular formula is C22H34O4. The summed E-state index contributed by atoms with van der Waals surface area (Å²) in [5, 5.41) is 9.21. The van der Waals surface area contributed by atoms with E-state index < -0.39 is 11.9 Å². The van der Waals surface area contributed by atoms with Crippen LogP contribution in [0.1, 0.15) is 98.8 Å². The van der Waals surface area contributed by atoms with Gasteiger partial charge < -0.3 is 9.84 Å². The maximum atomic E-state index is 12.3. The standard InChI is InChI=1S/C22H34O4/c1-3-5-7-8-9-10-14-18(13-6-4-2)17-26-22(25)20-16-12-11-15-19(20)21(23)24/h11-12,15-16,18H,3-10,13-14,17H2,1-2H3,(H,23,24). The van der Waals surface area contributed by atoms with Crippen LogP contribution in [-0.2, 0) is 4.74 Å². The van der Waals surface area contributed by atoms with Crippen LogP contribution < -0.4 is 0 Å². The number of unbranched alkanes of at least 4 members (excludes halogenated alkanes) is 6. The lowest BCUT2D eigenvalue weighted by Gasteiger charge is -2.17. The molecule has 0 bridgehead atoms. The van der Waals surface area contributed by atoms with Crippen LogP contribution in [0.4, 0.5) is 0 Å². The molecule has 0 spiro atoms. The lowest BCUT2D eigenvalue weighted by atomic mass is 9.95. The summed E-state index contributed by atoms with van der Waals surface area (Å²) >= 11 is 0. The second-order valence-corrected chi connectivity index (χ2v) is 7.01. The molecule has 0 saturated heterocycles. The number of benzene rings is 1. The number of carbonyl (C=O) groups excluding carboxylic acids is 1. The van der Waals surface area contributed by atoms with Gasteiger partial charge in [0.2, 0.25) is 0 Å². The molecule has 0 amide bonds. The van der Waals surface area contributed by atoms with E-state index in [4.69, 9.17) is 4.74 Å². The molecule has 146 valence electrons. The fourth-order valence-corrected chi connectivity index (χ4v) is 3.14. The Hall–Kier alpha value is -1.84. The third-order valence-corrected chi connectivity index (χ3v) is 4.76. The number of hydrogen-bond donors (Lipinski definition) is 1. The zero-order valence-corrected chi connectivity index (χ0v) is 16.3. The Kier molecular flexibility index (Phi) is 11.4. The molecule has 1 aromatic carbocycles. The van der Waals surface area contributed by atoms with Gasteiger partial charge in [0.1, 0.15) is 0 Å². The Morgan fingerprint density at radius 3 is 2.12 bits per heavy atom. The lowest BCUT2D eigenvalue weighted by molar-refractivity contribution is 0.0415. The molecule has 1 atom stereocenters. The number of aromatic carboxylic acids is 1. The van der Waals surface area contributed by atoms with E-state index in [1.54, 1.807) is 12.1 Å². The van der Waals surface area contributed by atoms with Crippen LogP contribution in [0.15, 0.2) is 24.3 Å². The number of hydrogen-bond acceptors (Lipinski definition) is 3. The molecule has 4 heteroatoms. The number of carboxylic acid groups (broad SMARTS) is 1. The van der Waals surface area contributed by atoms with Crippen molar-refractivity contribution in [3.63, 3.8) is 0 Å². The Morgan fingerprint density at radius 1 is 0.885 bits per heavy atom. The van der Waals surface area contributed by atoms with E-state index in [1.165, 1.54) is 50.7 Å². The molecule has 0 saturated carbocycles. The quantitative estimate of drug-likeness (QED) is 0.321. The van der Waals surface area contributed by atoms with Crippen LogP contribution in [0, 0.1) is 5.92 Å². The minimum atomic E-state index is -1.10. The highest BCUT2D eigenvalue weighted by molar-refractivity contribution is 6.02. The second kappa shape index (κ2) is 13.4. The van der Waals surface area contributed by atoms with Crippen LogP contribution in [-0.4, -0.2) is 23.7 Å².